The Kier molecular flexibility index (Phi) is 4.34. The highest BCUT2D eigenvalue weighted by Gasteiger charge is 2.28. The van der Waals surface area contributed by atoms with Crippen molar-refractivity contribution in [2.75, 3.05) is 19.8 Å². The number of ether oxygens (including phenoxy) is 2. The van der Waals surface area contributed by atoms with Crippen molar-refractivity contribution in [2.45, 2.75) is 45.3 Å². The third-order valence-electron chi connectivity index (χ3n) is 4.70. The molecule has 2 aromatic rings. The van der Waals surface area contributed by atoms with Gasteiger partial charge in [0.15, 0.2) is 17.3 Å². The Bertz CT molecular complexity index is 702. The van der Waals surface area contributed by atoms with Crippen LogP contribution in [-0.2, 0) is 13.1 Å². The van der Waals surface area contributed by atoms with Gasteiger partial charge in [-0.15, -0.1) is 5.10 Å². The summed E-state index contributed by atoms with van der Waals surface area (Å²) in [6.45, 7) is 6.10. The quantitative estimate of drug-likeness (QED) is 0.838. The summed E-state index contributed by atoms with van der Waals surface area (Å²) in [6.07, 6.45) is 3.37. The number of rotatable bonds is 5. The molecule has 1 aromatic heterocycles. The largest absolute Gasteiger partial charge is 0.486 e. The van der Waals surface area contributed by atoms with Crippen LogP contribution in [0.15, 0.2) is 18.2 Å². The average molecular weight is 329 g/mol. The van der Waals surface area contributed by atoms with Crippen LogP contribution in [0.5, 0.6) is 11.5 Å². The van der Waals surface area contributed by atoms with Gasteiger partial charge in [0, 0.05) is 12.6 Å². The van der Waals surface area contributed by atoms with Gasteiger partial charge in [-0.3, -0.25) is 4.90 Å². The number of fused-ring (bicyclic) bond motifs is 1. The second-order valence-corrected chi connectivity index (χ2v) is 6.35. The maximum atomic E-state index is 5.74. The predicted molar refractivity (Wildman–Crippen MR) is 87.9 cm³/mol. The molecule has 0 unspecified atom stereocenters. The fourth-order valence-electron chi connectivity index (χ4n) is 3.56. The van der Waals surface area contributed by atoms with Crippen molar-refractivity contribution in [3.8, 4) is 11.5 Å². The van der Waals surface area contributed by atoms with E-state index < -0.39 is 0 Å². The van der Waals surface area contributed by atoms with Crippen molar-refractivity contribution in [3.05, 3.63) is 29.6 Å². The van der Waals surface area contributed by atoms with E-state index >= 15 is 0 Å². The molecule has 0 radical (unpaired) electrons. The molecule has 4 rings (SSSR count). The molecule has 7 nitrogen and oxygen atoms in total. The Morgan fingerprint density at radius 2 is 2.08 bits per heavy atom. The van der Waals surface area contributed by atoms with Gasteiger partial charge in [-0.05, 0) is 53.9 Å². The van der Waals surface area contributed by atoms with E-state index in [1.165, 1.54) is 12.0 Å². The van der Waals surface area contributed by atoms with Gasteiger partial charge >= 0.3 is 0 Å². The Labute approximate surface area is 141 Å². The van der Waals surface area contributed by atoms with Gasteiger partial charge in [-0.1, -0.05) is 13.0 Å². The van der Waals surface area contributed by atoms with E-state index in [2.05, 4.69) is 39.5 Å². The summed E-state index contributed by atoms with van der Waals surface area (Å²) in [5.74, 6) is 2.66. The summed E-state index contributed by atoms with van der Waals surface area (Å²) in [7, 11) is 0. The van der Waals surface area contributed by atoms with E-state index in [4.69, 9.17) is 9.47 Å². The van der Waals surface area contributed by atoms with Gasteiger partial charge in [0.05, 0.1) is 6.54 Å². The van der Waals surface area contributed by atoms with Crippen LogP contribution in [0.25, 0.3) is 0 Å². The zero-order chi connectivity index (χ0) is 16.4. The van der Waals surface area contributed by atoms with Gasteiger partial charge < -0.3 is 9.47 Å². The molecular weight excluding hydrogens is 306 g/mol. The minimum atomic E-state index is 0.382. The lowest BCUT2D eigenvalue weighted by atomic mass is 10.0. The summed E-state index contributed by atoms with van der Waals surface area (Å²) in [5.41, 5.74) is 1.28. The molecular formula is C17H23N5O2. The Hall–Kier alpha value is -2.15. The number of hydrogen-bond acceptors (Lipinski definition) is 6. The number of likely N-dealkylation sites (tertiary alicyclic amines) is 1. The highest BCUT2D eigenvalue weighted by molar-refractivity contribution is 5.44. The smallest absolute Gasteiger partial charge is 0.165 e. The Morgan fingerprint density at radius 3 is 2.96 bits per heavy atom. The number of benzene rings is 1. The number of aryl methyl sites for hydroxylation is 1. The van der Waals surface area contributed by atoms with Gasteiger partial charge in [0.1, 0.15) is 13.2 Å². The highest BCUT2D eigenvalue weighted by Crippen LogP contribution is 2.38. The van der Waals surface area contributed by atoms with Crippen molar-refractivity contribution < 1.29 is 9.47 Å². The van der Waals surface area contributed by atoms with Gasteiger partial charge in [0.25, 0.3) is 0 Å². The van der Waals surface area contributed by atoms with E-state index in [9.17, 15) is 0 Å². The molecule has 0 spiro atoms. The fourth-order valence-corrected chi connectivity index (χ4v) is 3.56. The lowest BCUT2D eigenvalue weighted by Crippen LogP contribution is -2.25. The Balaban J connectivity index is 1.53. The standard InChI is InChI=1S/C17H23N5O2/c1-2-7-22-17(18-19-20-22)12-21-8-3-4-14(21)13-5-6-15-16(11-13)24-10-9-23-15/h5-6,11,14H,2-4,7-10,12H2,1H3/t14-/m0/s1. The van der Waals surface area contributed by atoms with E-state index in [1.54, 1.807) is 0 Å². The molecule has 2 aliphatic heterocycles. The molecule has 0 N–H and O–H groups in total. The first-order valence-electron chi connectivity index (χ1n) is 8.74. The van der Waals surface area contributed by atoms with E-state index in [0.717, 1.165) is 49.8 Å². The second kappa shape index (κ2) is 6.76. The fraction of sp³-hybridized carbons (Fsp3) is 0.588. The monoisotopic (exact) mass is 329 g/mol. The zero-order valence-electron chi connectivity index (χ0n) is 14.0. The molecule has 0 aliphatic carbocycles. The number of aromatic nitrogens is 4. The highest BCUT2D eigenvalue weighted by atomic mass is 16.6. The number of hydrogen-bond donors (Lipinski definition) is 0. The van der Waals surface area contributed by atoms with Gasteiger partial charge in [-0.2, -0.15) is 0 Å². The van der Waals surface area contributed by atoms with Crippen molar-refractivity contribution in [1.29, 1.82) is 0 Å². The topological polar surface area (TPSA) is 65.3 Å². The third-order valence-corrected chi connectivity index (χ3v) is 4.70. The lowest BCUT2D eigenvalue weighted by molar-refractivity contribution is 0.170. The third kappa shape index (κ3) is 2.96. The molecule has 1 saturated heterocycles. The van der Waals surface area contributed by atoms with Crippen molar-refractivity contribution >= 4 is 0 Å². The minimum absolute atomic E-state index is 0.382. The van der Waals surface area contributed by atoms with Gasteiger partial charge in [0.2, 0.25) is 0 Å². The second-order valence-electron chi connectivity index (χ2n) is 6.35. The molecule has 7 heteroatoms. The normalized spacial score (nSPS) is 20.5. The summed E-state index contributed by atoms with van der Waals surface area (Å²) >= 11 is 0. The summed E-state index contributed by atoms with van der Waals surface area (Å²) in [5, 5.41) is 12.1. The van der Waals surface area contributed by atoms with Crippen LogP contribution in [-0.4, -0.2) is 44.9 Å². The maximum Gasteiger partial charge on any atom is 0.165 e. The molecule has 0 saturated carbocycles. The van der Waals surface area contributed by atoms with Crippen LogP contribution < -0.4 is 9.47 Å². The van der Waals surface area contributed by atoms with Crippen molar-refractivity contribution in [3.63, 3.8) is 0 Å². The van der Waals surface area contributed by atoms with Crippen molar-refractivity contribution in [1.82, 2.24) is 25.1 Å². The first-order valence-corrected chi connectivity index (χ1v) is 8.74. The van der Waals surface area contributed by atoms with Crippen molar-refractivity contribution in [2.24, 2.45) is 0 Å². The number of tetrazole rings is 1. The molecule has 1 fully saturated rings. The van der Waals surface area contributed by atoms with Crippen LogP contribution in [0.4, 0.5) is 0 Å². The SMILES string of the molecule is CCCn1nnnc1CN1CCC[C@H]1c1ccc2c(c1)OCCO2. The number of nitrogens with zero attached hydrogens (tertiary/aromatic N) is 5. The molecule has 128 valence electrons. The van der Waals surface area contributed by atoms with Crippen LogP contribution in [0.1, 0.15) is 43.6 Å². The molecule has 2 aliphatic rings. The molecule has 3 heterocycles. The summed E-state index contributed by atoms with van der Waals surface area (Å²) in [4.78, 5) is 2.46. The molecule has 1 aromatic carbocycles. The van der Waals surface area contributed by atoms with E-state index in [0.29, 0.717) is 19.3 Å². The summed E-state index contributed by atoms with van der Waals surface area (Å²) in [6, 6.07) is 6.70. The molecule has 1 atom stereocenters. The predicted octanol–water partition coefficient (Wildman–Crippen LogP) is 2.19. The summed E-state index contributed by atoms with van der Waals surface area (Å²) < 4.78 is 13.3. The van der Waals surface area contributed by atoms with E-state index in [1.807, 2.05) is 10.7 Å². The van der Waals surface area contributed by atoms with E-state index in [-0.39, 0.29) is 0 Å². The minimum Gasteiger partial charge on any atom is -0.486 e. The van der Waals surface area contributed by atoms with Crippen LogP contribution in [0, 0.1) is 0 Å². The molecule has 0 amide bonds. The molecule has 0 bridgehead atoms. The first-order chi connectivity index (χ1) is 11.8. The zero-order valence-corrected chi connectivity index (χ0v) is 14.0. The molecule has 24 heavy (non-hydrogen) atoms. The first kappa shape index (κ1) is 15.4. The van der Waals surface area contributed by atoms with Crippen LogP contribution >= 0.6 is 0 Å². The Morgan fingerprint density at radius 1 is 1.21 bits per heavy atom. The maximum absolute atomic E-state index is 5.74. The average Bonchev–Trinajstić information content (AvgIpc) is 3.25. The van der Waals surface area contributed by atoms with Crippen LogP contribution in [0.2, 0.25) is 0 Å². The van der Waals surface area contributed by atoms with Gasteiger partial charge in [-0.25, -0.2) is 4.68 Å². The van der Waals surface area contributed by atoms with Crippen LogP contribution in [0.3, 0.4) is 0 Å². The lowest BCUT2D eigenvalue weighted by Gasteiger charge is -2.26.